The van der Waals surface area contributed by atoms with Gasteiger partial charge in [-0.3, -0.25) is 0 Å². The quantitative estimate of drug-likeness (QED) is 0.799. The standard InChI is InChI=1S/C11H12ClN3/c1-3-8(5-9(12)4-2)10-6-11(13)15-7-14-10/h3-7H,2H2,1H3,(H2,13,14,15)/b8-3+,9-5+. The molecule has 0 saturated carbocycles. The number of anilines is 1. The minimum atomic E-state index is 0.433. The molecule has 1 heterocycles. The predicted molar refractivity (Wildman–Crippen MR) is 64.2 cm³/mol. The van der Waals surface area contributed by atoms with Gasteiger partial charge in [0.05, 0.1) is 5.69 Å². The fourth-order valence-corrected chi connectivity index (χ4v) is 1.16. The maximum Gasteiger partial charge on any atom is 0.127 e. The molecule has 0 aliphatic carbocycles. The zero-order valence-corrected chi connectivity index (χ0v) is 9.20. The second-order valence-corrected chi connectivity index (χ2v) is 3.24. The number of nitrogen functional groups attached to an aromatic ring is 1. The van der Waals surface area contributed by atoms with Gasteiger partial charge >= 0.3 is 0 Å². The first-order valence-electron chi connectivity index (χ1n) is 4.41. The fraction of sp³-hybridized carbons (Fsp3) is 0.0909. The Bertz CT molecular complexity index is 422. The van der Waals surface area contributed by atoms with Gasteiger partial charge in [-0.25, -0.2) is 9.97 Å². The third-order valence-corrected chi connectivity index (χ3v) is 2.05. The second-order valence-electron chi connectivity index (χ2n) is 2.81. The number of halogens is 1. The predicted octanol–water partition coefficient (Wildman–Crippen LogP) is 2.77. The molecule has 0 fully saturated rings. The molecule has 2 N–H and O–H groups in total. The molecule has 4 heteroatoms. The summed E-state index contributed by atoms with van der Waals surface area (Å²) in [6, 6.07) is 1.69. The van der Waals surface area contributed by atoms with Crippen molar-refractivity contribution in [2.45, 2.75) is 6.92 Å². The van der Waals surface area contributed by atoms with Crippen molar-refractivity contribution < 1.29 is 0 Å². The first kappa shape index (κ1) is 11.5. The Kier molecular flexibility index (Phi) is 4.06. The average Bonchev–Trinajstić information content (AvgIpc) is 2.25. The molecule has 0 amide bonds. The Morgan fingerprint density at radius 2 is 2.27 bits per heavy atom. The molecule has 0 aliphatic rings. The number of hydrogen-bond donors (Lipinski definition) is 1. The molecule has 0 unspecified atom stereocenters. The summed E-state index contributed by atoms with van der Waals surface area (Å²) in [4.78, 5) is 7.92. The average molecular weight is 222 g/mol. The van der Waals surface area contributed by atoms with Crippen LogP contribution in [0.25, 0.3) is 5.57 Å². The van der Waals surface area contributed by atoms with E-state index in [2.05, 4.69) is 16.5 Å². The maximum atomic E-state index is 5.86. The minimum absolute atomic E-state index is 0.433. The molecule has 15 heavy (non-hydrogen) atoms. The van der Waals surface area contributed by atoms with Gasteiger partial charge in [-0.15, -0.1) is 0 Å². The molecule has 1 rings (SSSR count). The van der Waals surface area contributed by atoms with Crippen molar-refractivity contribution in [2.24, 2.45) is 0 Å². The molecule has 0 spiro atoms. The molecule has 1 aromatic rings. The van der Waals surface area contributed by atoms with E-state index in [1.54, 1.807) is 18.2 Å². The van der Waals surface area contributed by atoms with Gasteiger partial charge in [0, 0.05) is 11.1 Å². The third kappa shape index (κ3) is 3.22. The summed E-state index contributed by atoms with van der Waals surface area (Å²) in [5, 5.41) is 0.556. The molecular formula is C11H12ClN3. The third-order valence-electron chi connectivity index (χ3n) is 1.78. The molecule has 1 aromatic heterocycles. The number of hydrogen-bond acceptors (Lipinski definition) is 3. The lowest BCUT2D eigenvalue weighted by Gasteiger charge is -2.01. The highest BCUT2D eigenvalue weighted by atomic mass is 35.5. The topological polar surface area (TPSA) is 51.8 Å². The van der Waals surface area contributed by atoms with Crippen LogP contribution in [0.1, 0.15) is 12.6 Å². The van der Waals surface area contributed by atoms with Crippen molar-refractivity contribution in [1.29, 1.82) is 0 Å². The van der Waals surface area contributed by atoms with E-state index in [9.17, 15) is 0 Å². The molecule has 0 saturated heterocycles. The summed E-state index contributed by atoms with van der Waals surface area (Å²) >= 11 is 5.86. The normalized spacial score (nSPS) is 12.7. The van der Waals surface area contributed by atoms with E-state index in [-0.39, 0.29) is 0 Å². The molecule has 0 bridgehead atoms. The van der Waals surface area contributed by atoms with Crippen molar-refractivity contribution in [3.8, 4) is 0 Å². The largest absolute Gasteiger partial charge is 0.384 e. The van der Waals surface area contributed by atoms with Gasteiger partial charge in [0.1, 0.15) is 12.1 Å². The first-order valence-corrected chi connectivity index (χ1v) is 4.79. The molecular weight excluding hydrogens is 210 g/mol. The van der Waals surface area contributed by atoms with E-state index in [1.807, 2.05) is 13.0 Å². The van der Waals surface area contributed by atoms with E-state index in [4.69, 9.17) is 17.3 Å². The second kappa shape index (κ2) is 5.32. The Labute approximate surface area is 94.0 Å². The highest BCUT2D eigenvalue weighted by molar-refractivity contribution is 6.31. The first-order chi connectivity index (χ1) is 7.17. The van der Waals surface area contributed by atoms with Crippen LogP contribution in [0.3, 0.4) is 0 Å². The SMILES string of the molecule is C=C/C(Cl)=C\C(=C/C)c1cc(N)ncn1. The van der Waals surface area contributed by atoms with Crippen molar-refractivity contribution >= 4 is 23.0 Å². The van der Waals surface area contributed by atoms with Crippen molar-refractivity contribution in [1.82, 2.24) is 9.97 Å². The summed E-state index contributed by atoms with van der Waals surface area (Å²) in [7, 11) is 0. The lowest BCUT2D eigenvalue weighted by molar-refractivity contribution is 1.15. The monoisotopic (exact) mass is 221 g/mol. The highest BCUT2D eigenvalue weighted by Gasteiger charge is 2.00. The Morgan fingerprint density at radius 3 is 2.80 bits per heavy atom. The zero-order valence-electron chi connectivity index (χ0n) is 8.44. The Hall–Kier alpha value is -1.61. The number of aromatic nitrogens is 2. The van der Waals surface area contributed by atoms with Gasteiger partial charge in [0.15, 0.2) is 0 Å². The van der Waals surface area contributed by atoms with Crippen LogP contribution in [0.5, 0.6) is 0 Å². The van der Waals surface area contributed by atoms with Crippen molar-refractivity contribution in [3.05, 3.63) is 47.9 Å². The Morgan fingerprint density at radius 1 is 1.53 bits per heavy atom. The van der Waals surface area contributed by atoms with Crippen LogP contribution in [-0.4, -0.2) is 9.97 Å². The maximum absolute atomic E-state index is 5.86. The van der Waals surface area contributed by atoms with Crippen LogP contribution < -0.4 is 5.73 Å². The molecule has 0 aliphatic heterocycles. The lowest BCUT2D eigenvalue weighted by atomic mass is 10.1. The molecule has 78 valence electrons. The van der Waals surface area contributed by atoms with Gasteiger partial charge in [0.2, 0.25) is 0 Å². The smallest absolute Gasteiger partial charge is 0.127 e. The lowest BCUT2D eigenvalue weighted by Crippen LogP contribution is -1.94. The number of allylic oxidation sites excluding steroid dienone is 5. The van der Waals surface area contributed by atoms with Crippen molar-refractivity contribution in [2.75, 3.05) is 5.73 Å². The van der Waals surface area contributed by atoms with E-state index in [1.165, 1.54) is 6.33 Å². The van der Waals surface area contributed by atoms with E-state index < -0.39 is 0 Å². The summed E-state index contributed by atoms with van der Waals surface area (Å²) in [5.74, 6) is 0.433. The van der Waals surface area contributed by atoms with Crippen LogP contribution in [0.4, 0.5) is 5.82 Å². The molecule has 0 atom stereocenters. The van der Waals surface area contributed by atoms with Gasteiger partial charge in [-0.05, 0) is 18.6 Å². The minimum Gasteiger partial charge on any atom is -0.384 e. The van der Waals surface area contributed by atoms with Crippen LogP contribution in [0, 0.1) is 0 Å². The number of nitrogens with zero attached hydrogens (tertiary/aromatic N) is 2. The van der Waals surface area contributed by atoms with E-state index >= 15 is 0 Å². The molecule has 3 nitrogen and oxygen atoms in total. The summed E-state index contributed by atoms with van der Waals surface area (Å²) in [5.41, 5.74) is 7.19. The van der Waals surface area contributed by atoms with Crippen LogP contribution in [-0.2, 0) is 0 Å². The van der Waals surface area contributed by atoms with Gasteiger partial charge in [-0.1, -0.05) is 30.3 Å². The zero-order chi connectivity index (χ0) is 11.3. The van der Waals surface area contributed by atoms with Gasteiger partial charge in [0.25, 0.3) is 0 Å². The van der Waals surface area contributed by atoms with E-state index in [0.717, 1.165) is 11.3 Å². The summed E-state index contributed by atoms with van der Waals surface area (Å²) < 4.78 is 0. The van der Waals surface area contributed by atoms with Gasteiger partial charge < -0.3 is 5.73 Å². The van der Waals surface area contributed by atoms with Gasteiger partial charge in [-0.2, -0.15) is 0 Å². The number of nitrogens with two attached hydrogens (primary N) is 1. The van der Waals surface area contributed by atoms with Crippen LogP contribution >= 0.6 is 11.6 Å². The Balaban J connectivity index is 3.10. The summed E-state index contributed by atoms with van der Waals surface area (Å²) in [6.07, 6.45) is 6.66. The van der Waals surface area contributed by atoms with Crippen LogP contribution in [0.15, 0.2) is 42.2 Å². The van der Waals surface area contributed by atoms with E-state index in [0.29, 0.717) is 10.9 Å². The van der Waals surface area contributed by atoms with Crippen LogP contribution in [0.2, 0.25) is 0 Å². The molecule has 0 aromatic carbocycles. The number of rotatable bonds is 3. The van der Waals surface area contributed by atoms with Crippen molar-refractivity contribution in [3.63, 3.8) is 0 Å². The highest BCUT2D eigenvalue weighted by Crippen LogP contribution is 2.18. The summed E-state index contributed by atoms with van der Waals surface area (Å²) in [6.45, 7) is 5.47. The fourth-order valence-electron chi connectivity index (χ4n) is 1.04. The molecule has 0 radical (unpaired) electrons.